The van der Waals surface area contributed by atoms with Crippen LogP contribution in [0.25, 0.3) is 0 Å². The molecular weight excluding hydrogens is 236 g/mol. The second kappa shape index (κ2) is 14.3. The Labute approximate surface area is 120 Å². The lowest BCUT2D eigenvalue weighted by molar-refractivity contribution is 0.145. The fourth-order valence-corrected chi connectivity index (χ4v) is 2.46. The Morgan fingerprint density at radius 2 is 0.842 bits per heavy atom. The zero-order valence-corrected chi connectivity index (χ0v) is 13.2. The minimum absolute atomic E-state index is 0.0733. The van der Waals surface area contributed by atoms with Crippen molar-refractivity contribution in [2.45, 2.75) is 110 Å². The fourth-order valence-electron chi connectivity index (χ4n) is 2.46. The third-order valence-corrected chi connectivity index (χ3v) is 3.86. The van der Waals surface area contributed by atoms with Crippen molar-refractivity contribution in [1.29, 1.82) is 0 Å². The van der Waals surface area contributed by atoms with E-state index in [1.54, 1.807) is 0 Å². The maximum Gasteiger partial charge on any atom is 0.0540 e. The predicted molar refractivity (Wildman–Crippen MR) is 83.4 cm³/mol. The molecule has 19 heavy (non-hydrogen) atoms. The van der Waals surface area contributed by atoms with Gasteiger partial charge < -0.3 is 10.2 Å². The van der Waals surface area contributed by atoms with Gasteiger partial charge in [-0.05, 0) is 25.7 Å². The van der Waals surface area contributed by atoms with E-state index in [4.69, 9.17) is 0 Å². The zero-order chi connectivity index (χ0) is 14.3. The highest BCUT2D eigenvalue weighted by atomic mass is 16.3. The molecule has 0 aromatic carbocycles. The van der Waals surface area contributed by atoms with Gasteiger partial charge >= 0.3 is 0 Å². The van der Waals surface area contributed by atoms with Crippen LogP contribution in [-0.2, 0) is 0 Å². The van der Waals surface area contributed by atoms with E-state index >= 15 is 0 Å². The maximum absolute atomic E-state index is 9.71. The van der Waals surface area contributed by atoms with Gasteiger partial charge in [0, 0.05) is 0 Å². The zero-order valence-electron chi connectivity index (χ0n) is 13.2. The molecule has 0 bridgehead atoms. The van der Waals surface area contributed by atoms with Crippen molar-refractivity contribution < 1.29 is 10.2 Å². The highest BCUT2D eigenvalue weighted by Gasteiger charge is 2.04. The van der Waals surface area contributed by atoms with E-state index in [-0.39, 0.29) is 12.2 Å². The van der Waals surface area contributed by atoms with E-state index in [0.29, 0.717) is 0 Å². The van der Waals surface area contributed by atoms with Crippen LogP contribution in [0, 0.1) is 0 Å². The Kier molecular flexibility index (Phi) is 14.3. The minimum Gasteiger partial charge on any atom is -0.393 e. The van der Waals surface area contributed by atoms with Crippen LogP contribution in [0.3, 0.4) is 0 Å². The number of hydrogen-bond donors (Lipinski definition) is 2. The molecule has 0 aromatic heterocycles. The summed E-state index contributed by atoms with van der Waals surface area (Å²) in [7, 11) is 0. The molecule has 116 valence electrons. The summed E-state index contributed by atoms with van der Waals surface area (Å²) in [4.78, 5) is 0. The smallest absolute Gasteiger partial charge is 0.0540 e. The van der Waals surface area contributed by atoms with E-state index in [1.165, 1.54) is 32.1 Å². The summed E-state index contributed by atoms with van der Waals surface area (Å²) >= 11 is 0. The van der Waals surface area contributed by atoms with Crippen LogP contribution in [-0.4, -0.2) is 22.4 Å². The van der Waals surface area contributed by atoms with Gasteiger partial charge in [0.2, 0.25) is 0 Å². The van der Waals surface area contributed by atoms with Crippen molar-refractivity contribution >= 4 is 0 Å². The summed E-state index contributed by atoms with van der Waals surface area (Å²) in [5, 5.41) is 19.4. The van der Waals surface area contributed by atoms with Crippen LogP contribution < -0.4 is 0 Å². The van der Waals surface area contributed by atoms with Gasteiger partial charge in [0.15, 0.2) is 0 Å². The molecule has 0 saturated heterocycles. The third kappa shape index (κ3) is 14.1. The summed E-state index contributed by atoms with van der Waals surface area (Å²) in [6.45, 7) is 4.34. The first-order valence-corrected chi connectivity index (χ1v) is 8.56. The molecule has 0 rings (SSSR count). The van der Waals surface area contributed by atoms with Crippen LogP contribution in [0.5, 0.6) is 0 Å². The molecule has 2 N–H and O–H groups in total. The normalized spacial score (nSPS) is 14.5. The summed E-state index contributed by atoms with van der Waals surface area (Å²) in [6, 6.07) is 0. The molecular formula is C17H36O2. The molecule has 0 aromatic rings. The van der Waals surface area contributed by atoms with Gasteiger partial charge in [0.05, 0.1) is 12.2 Å². The average Bonchev–Trinajstić information content (AvgIpc) is 2.41. The molecule has 0 fully saturated rings. The molecule has 0 spiro atoms. The lowest BCUT2D eigenvalue weighted by Gasteiger charge is -2.10. The highest BCUT2D eigenvalue weighted by molar-refractivity contribution is 4.58. The molecule has 2 nitrogen and oxygen atoms in total. The van der Waals surface area contributed by atoms with Gasteiger partial charge in [-0.1, -0.05) is 71.6 Å². The molecule has 0 aliphatic rings. The highest BCUT2D eigenvalue weighted by Crippen LogP contribution is 2.14. The number of hydrogen-bond acceptors (Lipinski definition) is 2. The molecule has 0 aliphatic carbocycles. The molecule has 0 saturated carbocycles. The number of unbranched alkanes of at least 4 members (excludes halogenated alkanes) is 6. The van der Waals surface area contributed by atoms with Gasteiger partial charge in [-0.2, -0.15) is 0 Å². The number of aliphatic hydroxyl groups is 2. The topological polar surface area (TPSA) is 40.5 Å². The second-order valence-electron chi connectivity index (χ2n) is 5.94. The Morgan fingerprint density at radius 3 is 1.21 bits per heavy atom. The Hall–Kier alpha value is -0.0800. The Balaban J connectivity index is 3.18. The molecule has 2 atom stereocenters. The maximum atomic E-state index is 9.71. The Morgan fingerprint density at radius 1 is 0.526 bits per heavy atom. The molecule has 2 heteroatoms. The van der Waals surface area contributed by atoms with E-state index in [0.717, 1.165) is 51.4 Å². The number of aliphatic hydroxyl groups excluding tert-OH is 2. The molecule has 0 heterocycles. The van der Waals surface area contributed by atoms with Crippen molar-refractivity contribution in [1.82, 2.24) is 0 Å². The van der Waals surface area contributed by atoms with Crippen LogP contribution in [0.15, 0.2) is 0 Å². The number of rotatable bonds is 14. The first-order valence-electron chi connectivity index (χ1n) is 8.56. The Bertz CT molecular complexity index is 153. The molecule has 0 amide bonds. The van der Waals surface area contributed by atoms with Crippen LogP contribution in [0.1, 0.15) is 97.3 Å². The van der Waals surface area contributed by atoms with Gasteiger partial charge in [-0.25, -0.2) is 0 Å². The second-order valence-corrected chi connectivity index (χ2v) is 5.94. The lowest BCUT2D eigenvalue weighted by Crippen LogP contribution is -2.06. The molecule has 0 unspecified atom stereocenters. The molecule has 0 aliphatic heterocycles. The summed E-state index contributed by atoms with van der Waals surface area (Å²) in [6.07, 6.45) is 14.4. The van der Waals surface area contributed by atoms with E-state index in [1.807, 2.05) is 0 Å². The van der Waals surface area contributed by atoms with E-state index in [2.05, 4.69) is 13.8 Å². The molecule has 0 radical (unpaired) electrons. The third-order valence-electron chi connectivity index (χ3n) is 3.86. The summed E-state index contributed by atoms with van der Waals surface area (Å²) in [5.41, 5.74) is 0. The van der Waals surface area contributed by atoms with Gasteiger partial charge in [-0.15, -0.1) is 0 Å². The van der Waals surface area contributed by atoms with Crippen molar-refractivity contribution in [3.63, 3.8) is 0 Å². The van der Waals surface area contributed by atoms with Crippen LogP contribution >= 0.6 is 0 Å². The first-order chi connectivity index (χ1) is 9.20. The van der Waals surface area contributed by atoms with Crippen LogP contribution in [0.4, 0.5) is 0 Å². The van der Waals surface area contributed by atoms with Gasteiger partial charge in [0.1, 0.15) is 0 Å². The van der Waals surface area contributed by atoms with Crippen molar-refractivity contribution in [3.05, 3.63) is 0 Å². The summed E-state index contributed by atoms with van der Waals surface area (Å²) < 4.78 is 0. The van der Waals surface area contributed by atoms with Crippen molar-refractivity contribution in [2.24, 2.45) is 0 Å². The largest absolute Gasteiger partial charge is 0.393 e. The van der Waals surface area contributed by atoms with Gasteiger partial charge in [0.25, 0.3) is 0 Å². The van der Waals surface area contributed by atoms with E-state index < -0.39 is 0 Å². The van der Waals surface area contributed by atoms with Crippen molar-refractivity contribution in [3.8, 4) is 0 Å². The summed E-state index contributed by atoms with van der Waals surface area (Å²) in [5.74, 6) is 0. The average molecular weight is 272 g/mol. The van der Waals surface area contributed by atoms with E-state index in [9.17, 15) is 10.2 Å². The van der Waals surface area contributed by atoms with Crippen LogP contribution in [0.2, 0.25) is 0 Å². The fraction of sp³-hybridized carbons (Fsp3) is 1.00. The standard InChI is InChI=1S/C17H36O2/c1-3-5-12-16(18)14-10-8-7-9-11-15-17(19)13-6-4-2/h16-19H,3-15H2,1-2H3/t16-,17-/m0/s1. The monoisotopic (exact) mass is 272 g/mol. The predicted octanol–water partition coefficient (Wildman–Crippen LogP) is 4.82. The lowest BCUT2D eigenvalue weighted by atomic mass is 10.0. The first kappa shape index (κ1) is 18.9. The van der Waals surface area contributed by atoms with Gasteiger partial charge in [-0.3, -0.25) is 0 Å². The van der Waals surface area contributed by atoms with Crippen molar-refractivity contribution in [2.75, 3.05) is 0 Å². The minimum atomic E-state index is -0.0733. The quantitative estimate of drug-likeness (QED) is 0.445. The SMILES string of the molecule is CCCC[C@H](O)CCCCCCC[C@@H](O)CCCC.